The summed E-state index contributed by atoms with van der Waals surface area (Å²) in [5.41, 5.74) is 3.59. The number of benzene rings is 2. The third-order valence-corrected chi connectivity index (χ3v) is 7.14. The lowest BCUT2D eigenvalue weighted by Crippen LogP contribution is -2.37. The molecule has 1 fully saturated rings. The quantitative estimate of drug-likeness (QED) is 0.335. The van der Waals surface area contributed by atoms with E-state index in [1.54, 1.807) is 23.1 Å². The molecule has 0 bridgehead atoms. The predicted octanol–water partition coefficient (Wildman–Crippen LogP) is 6.32. The van der Waals surface area contributed by atoms with Gasteiger partial charge >= 0.3 is 5.97 Å². The number of hydrogen-bond acceptors (Lipinski definition) is 4. The molecule has 0 N–H and O–H groups in total. The van der Waals surface area contributed by atoms with Gasteiger partial charge in [0.25, 0.3) is 5.91 Å². The van der Waals surface area contributed by atoms with Crippen molar-refractivity contribution in [3.05, 3.63) is 75.7 Å². The zero-order chi connectivity index (χ0) is 25.2. The van der Waals surface area contributed by atoms with E-state index in [0.717, 1.165) is 36.9 Å². The zero-order valence-electron chi connectivity index (χ0n) is 20.2. The highest BCUT2D eigenvalue weighted by molar-refractivity contribution is 6.32. The number of hydrogen-bond donors (Lipinski definition) is 0. The Balaban J connectivity index is 1.46. The van der Waals surface area contributed by atoms with Crippen LogP contribution in [0.5, 0.6) is 0 Å². The molecule has 36 heavy (non-hydrogen) atoms. The number of carbonyl (C=O) groups excluding carboxylic acids is 2. The predicted molar refractivity (Wildman–Crippen MR) is 139 cm³/mol. The average molecular weight is 507 g/mol. The molecular weight excluding hydrogens is 479 g/mol. The van der Waals surface area contributed by atoms with E-state index in [9.17, 15) is 14.0 Å². The fourth-order valence-electron chi connectivity index (χ4n) is 4.83. The molecule has 0 unspecified atom stereocenters. The Labute approximate surface area is 214 Å². The summed E-state index contributed by atoms with van der Waals surface area (Å²) >= 11 is 6.25. The third kappa shape index (κ3) is 5.00. The van der Waals surface area contributed by atoms with Crippen LogP contribution in [-0.4, -0.2) is 41.5 Å². The molecule has 2 aromatic carbocycles. The number of carbonyl (C=O) groups is 2. The molecule has 3 aromatic rings. The maximum Gasteiger partial charge on any atom is 0.339 e. The van der Waals surface area contributed by atoms with Gasteiger partial charge in [0.2, 0.25) is 0 Å². The van der Waals surface area contributed by atoms with Crippen molar-refractivity contribution in [1.29, 1.82) is 0 Å². The second kappa shape index (κ2) is 10.4. The first-order chi connectivity index (χ1) is 17.5. The molecule has 0 radical (unpaired) electrons. The van der Waals surface area contributed by atoms with Crippen molar-refractivity contribution in [3.8, 4) is 0 Å². The first-order valence-corrected chi connectivity index (χ1v) is 12.9. The van der Waals surface area contributed by atoms with Crippen molar-refractivity contribution in [2.45, 2.75) is 39.0 Å². The van der Waals surface area contributed by atoms with Gasteiger partial charge in [0, 0.05) is 24.0 Å². The lowest BCUT2D eigenvalue weighted by Gasteiger charge is -2.22. The Bertz CT molecular complexity index is 1350. The van der Waals surface area contributed by atoms with E-state index >= 15 is 0 Å². The summed E-state index contributed by atoms with van der Waals surface area (Å²) in [6, 6.07) is 12.0. The highest BCUT2D eigenvalue weighted by Crippen LogP contribution is 2.39. The first-order valence-electron chi connectivity index (χ1n) is 12.5. The van der Waals surface area contributed by atoms with Gasteiger partial charge in [-0.2, -0.15) is 0 Å². The Hall–Kier alpha value is -3.25. The number of aromatic nitrogens is 1. The number of ether oxygens (including phenoxy) is 1. The molecule has 2 aliphatic rings. The summed E-state index contributed by atoms with van der Waals surface area (Å²) in [5.74, 6) is -0.546. The summed E-state index contributed by atoms with van der Waals surface area (Å²) in [6.07, 6.45) is 6.02. The number of fused-ring (bicyclic) bond motifs is 2. The summed E-state index contributed by atoms with van der Waals surface area (Å²) < 4.78 is 20.0. The van der Waals surface area contributed by atoms with Crippen LogP contribution in [-0.2, 0) is 16.0 Å². The fraction of sp³-hybridized carbons (Fsp3) is 0.345. The van der Waals surface area contributed by atoms with Gasteiger partial charge in [-0.25, -0.2) is 14.2 Å². The zero-order valence-corrected chi connectivity index (χ0v) is 21.0. The molecule has 186 valence electrons. The molecular formula is C29H28ClFN2O3. The maximum atomic E-state index is 14.5. The van der Waals surface area contributed by atoms with Crippen molar-refractivity contribution < 1.29 is 18.7 Å². The number of rotatable bonds is 8. The van der Waals surface area contributed by atoms with Gasteiger partial charge in [-0.3, -0.25) is 4.79 Å². The number of halogens is 2. The topological polar surface area (TPSA) is 59.5 Å². The average Bonchev–Trinajstić information content (AvgIpc) is 3.61. The standard InChI is InChI=1S/C29H28ClFN2O3/c1-2-14-33(16-18-10-11-18)26(34)17-36-29(35)27-20-6-3-4-9-25(20)32-28-19(12-13-21(27)28)15-22-23(30)7-5-8-24(22)31/h3-9,15,18H,2,10-14,16-17H2,1H3/b19-15-. The molecule has 5 rings (SSSR count). The smallest absolute Gasteiger partial charge is 0.339 e. The minimum atomic E-state index is -0.536. The second-order valence-corrected chi connectivity index (χ2v) is 9.90. The monoisotopic (exact) mass is 506 g/mol. The van der Waals surface area contributed by atoms with E-state index in [2.05, 4.69) is 0 Å². The Kier molecular flexibility index (Phi) is 7.06. The molecule has 7 heteroatoms. The largest absolute Gasteiger partial charge is 0.452 e. The molecule has 1 saturated carbocycles. The minimum Gasteiger partial charge on any atom is -0.452 e. The number of pyridine rings is 1. The van der Waals surface area contributed by atoms with Crippen molar-refractivity contribution in [1.82, 2.24) is 9.88 Å². The highest BCUT2D eigenvalue weighted by Gasteiger charge is 2.30. The lowest BCUT2D eigenvalue weighted by atomic mass is 10.0. The summed E-state index contributed by atoms with van der Waals surface area (Å²) in [4.78, 5) is 32.8. The summed E-state index contributed by atoms with van der Waals surface area (Å²) in [7, 11) is 0. The van der Waals surface area contributed by atoms with Crippen LogP contribution in [0.1, 0.15) is 59.8 Å². The molecule has 0 spiro atoms. The van der Waals surface area contributed by atoms with Gasteiger partial charge in [0.15, 0.2) is 6.61 Å². The van der Waals surface area contributed by atoms with Gasteiger partial charge in [-0.1, -0.05) is 42.8 Å². The number of para-hydroxylation sites is 1. The van der Waals surface area contributed by atoms with Crippen molar-refractivity contribution in [2.24, 2.45) is 5.92 Å². The number of esters is 1. The van der Waals surface area contributed by atoms with Crippen LogP contribution in [0.25, 0.3) is 22.6 Å². The highest BCUT2D eigenvalue weighted by atomic mass is 35.5. The molecule has 1 aromatic heterocycles. The third-order valence-electron chi connectivity index (χ3n) is 6.81. The van der Waals surface area contributed by atoms with Crippen molar-refractivity contribution in [2.75, 3.05) is 19.7 Å². The van der Waals surface area contributed by atoms with Crippen LogP contribution < -0.4 is 0 Å². The second-order valence-electron chi connectivity index (χ2n) is 9.50. The fourth-order valence-corrected chi connectivity index (χ4v) is 5.04. The summed E-state index contributed by atoms with van der Waals surface area (Å²) in [6.45, 7) is 3.13. The molecule has 0 atom stereocenters. The molecule has 2 aliphatic carbocycles. The van der Waals surface area contributed by atoms with Gasteiger partial charge in [-0.15, -0.1) is 0 Å². The normalized spacial score (nSPS) is 15.8. The van der Waals surface area contributed by atoms with Crippen LogP contribution in [0.15, 0.2) is 42.5 Å². The van der Waals surface area contributed by atoms with Crippen LogP contribution in [0, 0.1) is 11.7 Å². The summed E-state index contributed by atoms with van der Waals surface area (Å²) in [5, 5.41) is 1.000. The molecule has 0 aliphatic heterocycles. The van der Waals surface area contributed by atoms with E-state index < -0.39 is 11.8 Å². The van der Waals surface area contributed by atoms with Crippen LogP contribution in [0.2, 0.25) is 5.02 Å². The molecule has 1 heterocycles. The van der Waals surface area contributed by atoms with E-state index in [4.69, 9.17) is 21.3 Å². The van der Waals surface area contributed by atoms with E-state index in [0.29, 0.717) is 58.1 Å². The van der Waals surface area contributed by atoms with Crippen LogP contribution in [0.4, 0.5) is 4.39 Å². The maximum absolute atomic E-state index is 14.5. The lowest BCUT2D eigenvalue weighted by molar-refractivity contribution is -0.134. The molecule has 5 nitrogen and oxygen atoms in total. The van der Waals surface area contributed by atoms with Gasteiger partial charge in [0.05, 0.1) is 21.8 Å². The van der Waals surface area contributed by atoms with Gasteiger partial charge in [0.1, 0.15) is 5.82 Å². The van der Waals surface area contributed by atoms with Crippen LogP contribution in [0.3, 0.4) is 0 Å². The van der Waals surface area contributed by atoms with E-state index in [1.165, 1.54) is 6.07 Å². The number of allylic oxidation sites excluding steroid dienone is 1. The van der Waals surface area contributed by atoms with Crippen molar-refractivity contribution in [3.63, 3.8) is 0 Å². The molecule has 0 saturated heterocycles. The van der Waals surface area contributed by atoms with Crippen LogP contribution >= 0.6 is 11.6 Å². The minimum absolute atomic E-state index is 0.165. The molecule has 1 amide bonds. The Morgan fingerprint density at radius 1 is 1.17 bits per heavy atom. The van der Waals surface area contributed by atoms with E-state index in [1.807, 2.05) is 31.2 Å². The van der Waals surface area contributed by atoms with E-state index in [-0.39, 0.29) is 12.5 Å². The van der Waals surface area contributed by atoms with Crippen molar-refractivity contribution >= 4 is 46.0 Å². The van der Waals surface area contributed by atoms with Gasteiger partial charge in [-0.05, 0) is 73.4 Å². The Morgan fingerprint density at radius 3 is 2.72 bits per heavy atom. The van der Waals surface area contributed by atoms with Gasteiger partial charge < -0.3 is 9.64 Å². The Morgan fingerprint density at radius 2 is 1.97 bits per heavy atom. The SMILES string of the molecule is CCCN(CC1CC1)C(=O)COC(=O)c1c2c(nc3ccccc13)/C(=C\c1c(F)cccc1Cl)CC2. The first kappa shape index (κ1) is 24.4. The number of amides is 1. The number of nitrogens with zero attached hydrogens (tertiary/aromatic N) is 2.